The van der Waals surface area contributed by atoms with Crippen LogP contribution in [-0.4, -0.2) is 41.8 Å². The maximum absolute atomic E-state index is 12.9. The summed E-state index contributed by atoms with van der Waals surface area (Å²) in [4.78, 5) is 26.6. The van der Waals surface area contributed by atoms with Crippen molar-refractivity contribution in [3.05, 3.63) is 35.4 Å². The van der Waals surface area contributed by atoms with Gasteiger partial charge in [0.05, 0.1) is 12.1 Å². The third kappa shape index (κ3) is 2.72. The summed E-state index contributed by atoms with van der Waals surface area (Å²) in [6, 6.07) is 7.91. The zero-order chi connectivity index (χ0) is 15.0. The Morgan fingerprint density at radius 3 is 2.52 bits per heavy atom. The van der Waals surface area contributed by atoms with Crippen LogP contribution in [0, 0.1) is 0 Å². The SMILES string of the molecule is CC(C)c1cccc(C(=O)N2C3CNCC2CC(=O)C3)c1. The quantitative estimate of drug-likeness (QED) is 0.904. The number of benzene rings is 1. The first-order valence-corrected chi connectivity index (χ1v) is 7.71. The number of carbonyl (C=O) groups excluding carboxylic acids is 2. The van der Waals surface area contributed by atoms with Gasteiger partial charge in [-0.15, -0.1) is 0 Å². The monoisotopic (exact) mass is 286 g/mol. The Balaban J connectivity index is 1.87. The van der Waals surface area contributed by atoms with Gasteiger partial charge in [0.15, 0.2) is 0 Å². The molecule has 2 aliphatic heterocycles. The molecule has 4 nitrogen and oxygen atoms in total. The van der Waals surface area contributed by atoms with Crippen molar-refractivity contribution in [1.29, 1.82) is 0 Å². The molecule has 2 saturated heterocycles. The molecule has 0 aromatic heterocycles. The van der Waals surface area contributed by atoms with Crippen LogP contribution in [0.4, 0.5) is 0 Å². The van der Waals surface area contributed by atoms with Crippen molar-refractivity contribution in [2.24, 2.45) is 0 Å². The van der Waals surface area contributed by atoms with Crippen molar-refractivity contribution in [2.45, 2.75) is 44.7 Å². The van der Waals surface area contributed by atoms with Crippen LogP contribution in [0.15, 0.2) is 24.3 Å². The van der Waals surface area contributed by atoms with Gasteiger partial charge in [0.1, 0.15) is 5.78 Å². The first-order chi connectivity index (χ1) is 10.1. The number of rotatable bonds is 2. The summed E-state index contributed by atoms with van der Waals surface area (Å²) in [5.41, 5.74) is 1.92. The molecule has 2 fully saturated rings. The molecule has 2 atom stereocenters. The molecule has 2 bridgehead atoms. The molecule has 2 aliphatic rings. The molecule has 1 amide bonds. The number of nitrogens with zero attached hydrogens (tertiary/aromatic N) is 1. The zero-order valence-electron chi connectivity index (χ0n) is 12.6. The standard InChI is InChI=1S/C17H22N2O2/c1-11(2)12-4-3-5-13(6-12)17(21)19-14-7-16(20)8-15(19)10-18-9-14/h3-6,11,14-15,18H,7-10H2,1-2H3. The summed E-state index contributed by atoms with van der Waals surface area (Å²) in [5.74, 6) is 0.759. The van der Waals surface area contributed by atoms with E-state index in [0.717, 1.165) is 18.7 Å². The molecule has 0 spiro atoms. The molecule has 2 unspecified atom stereocenters. The molecule has 0 radical (unpaired) electrons. The maximum atomic E-state index is 12.9. The lowest BCUT2D eigenvalue weighted by Crippen LogP contribution is -2.63. The van der Waals surface area contributed by atoms with Crippen LogP contribution in [-0.2, 0) is 4.79 Å². The van der Waals surface area contributed by atoms with Crippen LogP contribution in [0.25, 0.3) is 0 Å². The summed E-state index contributed by atoms with van der Waals surface area (Å²) >= 11 is 0. The maximum Gasteiger partial charge on any atom is 0.254 e. The lowest BCUT2D eigenvalue weighted by atomic mass is 9.90. The van der Waals surface area contributed by atoms with Crippen LogP contribution in [0.2, 0.25) is 0 Å². The molecule has 1 aromatic rings. The Hall–Kier alpha value is -1.68. The van der Waals surface area contributed by atoms with E-state index in [4.69, 9.17) is 0 Å². The van der Waals surface area contributed by atoms with E-state index >= 15 is 0 Å². The van der Waals surface area contributed by atoms with Gasteiger partial charge in [0, 0.05) is 31.5 Å². The smallest absolute Gasteiger partial charge is 0.254 e. The number of hydrogen-bond acceptors (Lipinski definition) is 3. The van der Waals surface area contributed by atoms with E-state index in [-0.39, 0.29) is 23.8 Å². The molecule has 1 N–H and O–H groups in total. The summed E-state index contributed by atoms with van der Waals surface area (Å²) in [7, 11) is 0. The highest BCUT2D eigenvalue weighted by Crippen LogP contribution is 2.26. The second-order valence-corrected chi connectivity index (χ2v) is 6.41. The fourth-order valence-corrected chi connectivity index (χ4v) is 3.37. The van der Waals surface area contributed by atoms with Crippen molar-refractivity contribution >= 4 is 11.7 Å². The van der Waals surface area contributed by atoms with Crippen molar-refractivity contribution in [2.75, 3.05) is 13.1 Å². The fourth-order valence-electron chi connectivity index (χ4n) is 3.37. The van der Waals surface area contributed by atoms with Gasteiger partial charge in [-0.3, -0.25) is 9.59 Å². The number of nitrogens with one attached hydrogen (secondary N) is 1. The van der Waals surface area contributed by atoms with Gasteiger partial charge in [-0.05, 0) is 23.6 Å². The summed E-state index contributed by atoms with van der Waals surface area (Å²) in [5, 5.41) is 3.33. The molecule has 112 valence electrons. The number of Topliss-reactive ketones (excluding diaryl/α,β-unsaturated/α-hetero) is 1. The first-order valence-electron chi connectivity index (χ1n) is 7.71. The molecule has 21 heavy (non-hydrogen) atoms. The van der Waals surface area contributed by atoms with E-state index in [1.807, 2.05) is 23.1 Å². The highest BCUT2D eigenvalue weighted by molar-refractivity contribution is 5.96. The number of hydrogen-bond donors (Lipinski definition) is 1. The lowest BCUT2D eigenvalue weighted by molar-refractivity contribution is -0.125. The van der Waals surface area contributed by atoms with Gasteiger partial charge < -0.3 is 10.2 Å². The Morgan fingerprint density at radius 2 is 1.90 bits per heavy atom. The average molecular weight is 286 g/mol. The lowest BCUT2D eigenvalue weighted by Gasteiger charge is -2.45. The van der Waals surface area contributed by atoms with Gasteiger partial charge >= 0.3 is 0 Å². The normalized spacial score (nSPS) is 25.3. The van der Waals surface area contributed by atoms with E-state index in [1.165, 1.54) is 5.56 Å². The third-order valence-electron chi connectivity index (χ3n) is 4.51. The molecule has 3 rings (SSSR count). The number of amides is 1. The topological polar surface area (TPSA) is 49.4 Å². The minimum Gasteiger partial charge on any atom is -0.329 e. The number of piperidine rings is 1. The molecule has 2 heterocycles. The highest BCUT2D eigenvalue weighted by atomic mass is 16.2. The second-order valence-electron chi connectivity index (χ2n) is 6.41. The number of fused-ring (bicyclic) bond motifs is 2. The third-order valence-corrected chi connectivity index (χ3v) is 4.51. The van der Waals surface area contributed by atoms with E-state index < -0.39 is 0 Å². The van der Waals surface area contributed by atoms with Crippen LogP contribution >= 0.6 is 0 Å². The van der Waals surface area contributed by atoms with Crippen LogP contribution in [0.3, 0.4) is 0 Å². The Morgan fingerprint density at radius 1 is 1.24 bits per heavy atom. The predicted octanol–water partition coefficient (Wildman–Crippen LogP) is 1.96. The van der Waals surface area contributed by atoms with Crippen LogP contribution in [0.1, 0.15) is 48.5 Å². The van der Waals surface area contributed by atoms with Crippen molar-refractivity contribution in [1.82, 2.24) is 10.2 Å². The fraction of sp³-hybridized carbons (Fsp3) is 0.529. The van der Waals surface area contributed by atoms with Gasteiger partial charge in [-0.1, -0.05) is 26.0 Å². The van der Waals surface area contributed by atoms with Crippen LogP contribution < -0.4 is 5.32 Å². The van der Waals surface area contributed by atoms with E-state index in [1.54, 1.807) is 0 Å². The van der Waals surface area contributed by atoms with Gasteiger partial charge in [-0.2, -0.15) is 0 Å². The Kier molecular flexibility index (Phi) is 3.81. The van der Waals surface area contributed by atoms with Gasteiger partial charge in [0.25, 0.3) is 5.91 Å². The highest BCUT2D eigenvalue weighted by Gasteiger charge is 2.40. The minimum atomic E-state index is 0.0141. The summed E-state index contributed by atoms with van der Waals surface area (Å²) < 4.78 is 0. The molecule has 4 heteroatoms. The van der Waals surface area contributed by atoms with Crippen molar-refractivity contribution < 1.29 is 9.59 Å². The van der Waals surface area contributed by atoms with E-state index in [9.17, 15) is 9.59 Å². The second kappa shape index (κ2) is 5.60. The largest absolute Gasteiger partial charge is 0.329 e. The molecule has 0 aliphatic carbocycles. The molecule has 0 saturated carbocycles. The summed E-state index contributed by atoms with van der Waals surface area (Å²) in [6.07, 6.45) is 0.970. The zero-order valence-corrected chi connectivity index (χ0v) is 12.6. The Bertz CT molecular complexity index is 552. The predicted molar refractivity (Wildman–Crippen MR) is 81.4 cm³/mol. The van der Waals surface area contributed by atoms with E-state index in [2.05, 4.69) is 25.2 Å². The van der Waals surface area contributed by atoms with Gasteiger partial charge in [-0.25, -0.2) is 0 Å². The molecular formula is C17H22N2O2. The average Bonchev–Trinajstić information content (AvgIpc) is 2.45. The molecule has 1 aromatic carbocycles. The molecular weight excluding hydrogens is 264 g/mol. The van der Waals surface area contributed by atoms with Crippen molar-refractivity contribution in [3.63, 3.8) is 0 Å². The number of ketones is 1. The van der Waals surface area contributed by atoms with Crippen LogP contribution in [0.5, 0.6) is 0 Å². The minimum absolute atomic E-state index is 0.0141. The number of carbonyl (C=O) groups is 2. The van der Waals surface area contributed by atoms with E-state index in [0.29, 0.717) is 18.8 Å². The summed E-state index contributed by atoms with van der Waals surface area (Å²) in [6.45, 7) is 5.69. The van der Waals surface area contributed by atoms with Crippen molar-refractivity contribution in [3.8, 4) is 0 Å². The first kappa shape index (κ1) is 14.3. The number of piperazine rings is 1. The Labute approximate surface area is 125 Å². The van der Waals surface area contributed by atoms with Gasteiger partial charge in [0.2, 0.25) is 0 Å².